The number of nitrogens with two attached hydrogens (primary N) is 1. The summed E-state index contributed by atoms with van der Waals surface area (Å²) in [6.45, 7) is 0.283. The minimum Gasteiger partial charge on any atom is -0.507 e. The molecule has 0 aliphatic heterocycles. The fourth-order valence-electron chi connectivity index (χ4n) is 1.84. The molecule has 6 nitrogen and oxygen atoms in total. The largest absolute Gasteiger partial charge is 0.507 e. The van der Waals surface area contributed by atoms with Crippen LogP contribution in [0.3, 0.4) is 0 Å². The Balaban J connectivity index is 2.31. The molecule has 19 heavy (non-hydrogen) atoms. The van der Waals surface area contributed by atoms with E-state index in [1.807, 2.05) is 0 Å². The Hall–Kier alpha value is -1.89. The van der Waals surface area contributed by atoms with Gasteiger partial charge in [0.05, 0.1) is 17.9 Å². The SMILES string of the molecule is NCCC(O)C(O)c1ccc(O)c(-c2ccno2)c1. The van der Waals surface area contributed by atoms with E-state index < -0.39 is 12.2 Å². The number of benzene rings is 1. The Bertz CT molecular complexity index is 527. The maximum atomic E-state index is 10.00. The minimum absolute atomic E-state index is 0.0148. The molecule has 0 spiro atoms. The number of phenols is 1. The van der Waals surface area contributed by atoms with Gasteiger partial charge in [-0.25, -0.2) is 0 Å². The summed E-state index contributed by atoms with van der Waals surface area (Å²) in [6, 6.07) is 6.13. The van der Waals surface area contributed by atoms with Gasteiger partial charge in [-0.2, -0.15) is 0 Å². The highest BCUT2D eigenvalue weighted by atomic mass is 16.5. The molecule has 1 aromatic heterocycles. The number of aliphatic hydroxyl groups excluding tert-OH is 2. The third kappa shape index (κ3) is 2.93. The Morgan fingerprint density at radius 2 is 2.05 bits per heavy atom. The Morgan fingerprint density at radius 1 is 1.26 bits per heavy atom. The van der Waals surface area contributed by atoms with Crippen LogP contribution >= 0.6 is 0 Å². The summed E-state index contributed by atoms with van der Waals surface area (Å²) in [6.07, 6.45) is -0.260. The molecule has 1 aromatic carbocycles. The van der Waals surface area contributed by atoms with Crippen molar-refractivity contribution in [3.8, 4) is 17.1 Å². The topological polar surface area (TPSA) is 113 Å². The second-order valence-electron chi connectivity index (χ2n) is 4.24. The molecule has 102 valence electrons. The van der Waals surface area contributed by atoms with E-state index in [0.29, 0.717) is 23.3 Å². The van der Waals surface area contributed by atoms with Gasteiger partial charge in [0.1, 0.15) is 11.9 Å². The van der Waals surface area contributed by atoms with Crippen LogP contribution in [0.25, 0.3) is 11.3 Å². The van der Waals surface area contributed by atoms with Gasteiger partial charge in [0.25, 0.3) is 0 Å². The van der Waals surface area contributed by atoms with E-state index in [1.165, 1.54) is 12.3 Å². The fourth-order valence-corrected chi connectivity index (χ4v) is 1.84. The lowest BCUT2D eigenvalue weighted by Gasteiger charge is -2.18. The first kappa shape index (κ1) is 13.5. The minimum atomic E-state index is -1.06. The molecule has 0 fully saturated rings. The zero-order valence-corrected chi connectivity index (χ0v) is 10.2. The van der Waals surface area contributed by atoms with Gasteiger partial charge in [0.15, 0.2) is 5.76 Å². The second kappa shape index (κ2) is 5.83. The van der Waals surface area contributed by atoms with Crippen molar-refractivity contribution in [2.45, 2.75) is 18.6 Å². The molecule has 0 aliphatic carbocycles. The van der Waals surface area contributed by atoms with E-state index >= 15 is 0 Å². The van der Waals surface area contributed by atoms with E-state index in [2.05, 4.69) is 5.16 Å². The lowest BCUT2D eigenvalue weighted by atomic mass is 9.99. The quantitative estimate of drug-likeness (QED) is 0.635. The maximum Gasteiger partial charge on any atom is 0.170 e. The third-order valence-corrected chi connectivity index (χ3v) is 2.89. The zero-order chi connectivity index (χ0) is 13.8. The molecule has 2 rings (SSSR count). The van der Waals surface area contributed by atoms with Crippen LogP contribution in [-0.2, 0) is 0 Å². The van der Waals surface area contributed by atoms with Crippen molar-refractivity contribution in [1.82, 2.24) is 5.16 Å². The third-order valence-electron chi connectivity index (χ3n) is 2.89. The number of aromatic hydroxyl groups is 1. The second-order valence-corrected chi connectivity index (χ2v) is 4.24. The van der Waals surface area contributed by atoms with Crippen molar-refractivity contribution < 1.29 is 19.8 Å². The van der Waals surface area contributed by atoms with Crippen LogP contribution in [0.1, 0.15) is 18.1 Å². The van der Waals surface area contributed by atoms with Crippen molar-refractivity contribution in [1.29, 1.82) is 0 Å². The van der Waals surface area contributed by atoms with E-state index in [0.717, 1.165) is 0 Å². The molecule has 0 saturated carbocycles. The molecule has 0 amide bonds. The number of nitrogens with zero attached hydrogens (tertiary/aromatic N) is 1. The number of rotatable bonds is 5. The van der Waals surface area contributed by atoms with Crippen molar-refractivity contribution >= 4 is 0 Å². The molecule has 2 aromatic rings. The van der Waals surface area contributed by atoms with E-state index in [1.54, 1.807) is 18.2 Å². The molecule has 0 bridgehead atoms. The molecular formula is C13H16N2O4. The van der Waals surface area contributed by atoms with Gasteiger partial charge in [0, 0.05) is 6.07 Å². The molecule has 6 heteroatoms. The molecule has 0 saturated heterocycles. The van der Waals surface area contributed by atoms with Crippen LogP contribution < -0.4 is 5.73 Å². The Morgan fingerprint density at radius 3 is 2.68 bits per heavy atom. The maximum absolute atomic E-state index is 10.00. The lowest BCUT2D eigenvalue weighted by molar-refractivity contribution is 0.0150. The number of hydrogen-bond acceptors (Lipinski definition) is 6. The average Bonchev–Trinajstić information content (AvgIpc) is 2.92. The summed E-state index contributed by atoms with van der Waals surface area (Å²) in [5.74, 6) is 0.404. The van der Waals surface area contributed by atoms with Crippen LogP contribution in [0.4, 0.5) is 0 Å². The molecule has 2 unspecified atom stereocenters. The van der Waals surface area contributed by atoms with Gasteiger partial charge < -0.3 is 25.6 Å². The fraction of sp³-hybridized carbons (Fsp3) is 0.308. The standard InChI is InChI=1S/C13H16N2O4/c14-5-3-11(17)13(18)8-1-2-10(16)9(7-8)12-4-6-15-19-12/h1-2,4,6-7,11,13,16-18H,3,5,14H2. The first-order valence-corrected chi connectivity index (χ1v) is 5.93. The summed E-state index contributed by atoms with van der Waals surface area (Å²) < 4.78 is 4.97. The highest BCUT2D eigenvalue weighted by Crippen LogP contribution is 2.32. The molecule has 0 radical (unpaired) electrons. The van der Waals surface area contributed by atoms with Gasteiger partial charge in [-0.1, -0.05) is 11.2 Å². The van der Waals surface area contributed by atoms with Gasteiger partial charge in [0.2, 0.25) is 0 Å². The van der Waals surface area contributed by atoms with Crippen LogP contribution in [0.15, 0.2) is 35.0 Å². The van der Waals surface area contributed by atoms with Gasteiger partial charge >= 0.3 is 0 Å². The van der Waals surface area contributed by atoms with Crippen LogP contribution in [0.2, 0.25) is 0 Å². The van der Waals surface area contributed by atoms with Crippen molar-refractivity contribution in [3.05, 3.63) is 36.0 Å². The Kier molecular flexibility index (Phi) is 4.16. The molecule has 5 N–H and O–H groups in total. The predicted octanol–water partition coefficient (Wildman–Crippen LogP) is 0.790. The number of hydrogen-bond donors (Lipinski definition) is 4. The molecule has 0 aliphatic rings. The number of phenolic OH excluding ortho intramolecular Hbond substituents is 1. The van der Waals surface area contributed by atoms with E-state index in [-0.39, 0.29) is 12.3 Å². The van der Waals surface area contributed by atoms with E-state index in [4.69, 9.17) is 10.3 Å². The van der Waals surface area contributed by atoms with E-state index in [9.17, 15) is 15.3 Å². The lowest BCUT2D eigenvalue weighted by Crippen LogP contribution is -2.21. The average molecular weight is 264 g/mol. The predicted molar refractivity (Wildman–Crippen MR) is 68.2 cm³/mol. The normalized spacial score (nSPS) is 14.3. The van der Waals surface area contributed by atoms with Crippen LogP contribution in [-0.4, -0.2) is 33.1 Å². The van der Waals surface area contributed by atoms with Crippen molar-refractivity contribution in [3.63, 3.8) is 0 Å². The summed E-state index contributed by atoms with van der Waals surface area (Å²) >= 11 is 0. The summed E-state index contributed by atoms with van der Waals surface area (Å²) in [5.41, 5.74) is 6.23. The first-order valence-electron chi connectivity index (χ1n) is 5.93. The van der Waals surface area contributed by atoms with Crippen LogP contribution in [0.5, 0.6) is 5.75 Å². The number of aliphatic hydroxyl groups is 2. The summed E-state index contributed by atoms with van der Waals surface area (Å²) in [4.78, 5) is 0. The van der Waals surface area contributed by atoms with Gasteiger partial charge in [-0.3, -0.25) is 0 Å². The summed E-state index contributed by atoms with van der Waals surface area (Å²) in [5, 5.41) is 33.1. The monoisotopic (exact) mass is 264 g/mol. The smallest absolute Gasteiger partial charge is 0.170 e. The zero-order valence-electron chi connectivity index (χ0n) is 10.2. The molecule has 2 atom stereocenters. The number of aromatic nitrogens is 1. The van der Waals surface area contributed by atoms with Crippen molar-refractivity contribution in [2.24, 2.45) is 5.73 Å². The summed E-state index contributed by atoms with van der Waals surface area (Å²) in [7, 11) is 0. The first-order chi connectivity index (χ1) is 9.13. The van der Waals surface area contributed by atoms with Crippen LogP contribution in [0, 0.1) is 0 Å². The Labute approximate surface area is 110 Å². The van der Waals surface area contributed by atoms with Gasteiger partial charge in [-0.15, -0.1) is 0 Å². The highest BCUT2D eigenvalue weighted by molar-refractivity contribution is 5.66. The van der Waals surface area contributed by atoms with Gasteiger partial charge in [-0.05, 0) is 30.7 Å². The van der Waals surface area contributed by atoms with Crippen molar-refractivity contribution in [2.75, 3.05) is 6.54 Å². The molecular weight excluding hydrogens is 248 g/mol. The highest BCUT2D eigenvalue weighted by Gasteiger charge is 2.19. The molecule has 1 heterocycles.